The number of aliphatic hydroxyl groups is 1. The van der Waals surface area contributed by atoms with Gasteiger partial charge < -0.3 is 9.84 Å². The Balaban J connectivity index is 0.000000704. The van der Waals surface area contributed by atoms with Crippen LogP contribution in [0.2, 0.25) is 0 Å². The molecule has 3 rings (SSSR count). The summed E-state index contributed by atoms with van der Waals surface area (Å²) in [5.41, 5.74) is 2.49. The van der Waals surface area contributed by atoms with E-state index >= 15 is 0 Å². The SMILES string of the molecule is CO.COc1ccc2cc(-c3ccccc3)ccc2c1. The van der Waals surface area contributed by atoms with E-state index in [9.17, 15) is 0 Å². The minimum absolute atomic E-state index is 0.898. The van der Waals surface area contributed by atoms with Gasteiger partial charge in [0.15, 0.2) is 0 Å². The van der Waals surface area contributed by atoms with E-state index in [1.807, 2.05) is 12.1 Å². The largest absolute Gasteiger partial charge is 0.497 e. The second-order valence-corrected chi connectivity index (χ2v) is 4.29. The summed E-state index contributed by atoms with van der Waals surface area (Å²) in [4.78, 5) is 0. The molecule has 0 radical (unpaired) electrons. The van der Waals surface area contributed by atoms with E-state index < -0.39 is 0 Å². The van der Waals surface area contributed by atoms with Crippen LogP contribution in [0.4, 0.5) is 0 Å². The van der Waals surface area contributed by atoms with Gasteiger partial charge in [0.05, 0.1) is 7.11 Å². The minimum Gasteiger partial charge on any atom is -0.497 e. The van der Waals surface area contributed by atoms with E-state index in [0.717, 1.165) is 12.9 Å². The van der Waals surface area contributed by atoms with Gasteiger partial charge in [0.1, 0.15) is 5.75 Å². The van der Waals surface area contributed by atoms with Gasteiger partial charge in [-0.05, 0) is 40.1 Å². The predicted molar refractivity (Wildman–Crippen MR) is 84.1 cm³/mol. The molecule has 2 heteroatoms. The average molecular weight is 266 g/mol. The Morgan fingerprint density at radius 1 is 0.700 bits per heavy atom. The van der Waals surface area contributed by atoms with Gasteiger partial charge in [-0.15, -0.1) is 0 Å². The second kappa shape index (κ2) is 6.73. The van der Waals surface area contributed by atoms with Gasteiger partial charge in [0.25, 0.3) is 0 Å². The highest BCUT2D eigenvalue weighted by atomic mass is 16.5. The van der Waals surface area contributed by atoms with E-state index in [1.54, 1.807) is 7.11 Å². The molecule has 0 saturated carbocycles. The number of rotatable bonds is 2. The molecule has 0 aliphatic carbocycles. The van der Waals surface area contributed by atoms with Crippen molar-refractivity contribution in [3.05, 3.63) is 66.7 Å². The summed E-state index contributed by atoms with van der Waals surface area (Å²) in [6.07, 6.45) is 0. The van der Waals surface area contributed by atoms with Gasteiger partial charge >= 0.3 is 0 Å². The van der Waals surface area contributed by atoms with Crippen LogP contribution in [-0.2, 0) is 0 Å². The lowest BCUT2D eigenvalue weighted by molar-refractivity contribution is 0.399. The van der Waals surface area contributed by atoms with Crippen molar-refractivity contribution in [1.82, 2.24) is 0 Å². The maximum Gasteiger partial charge on any atom is 0.119 e. The molecule has 0 aromatic heterocycles. The summed E-state index contributed by atoms with van der Waals surface area (Å²) in [6.45, 7) is 0. The van der Waals surface area contributed by atoms with Gasteiger partial charge in [-0.2, -0.15) is 0 Å². The maximum atomic E-state index is 7.00. The summed E-state index contributed by atoms with van der Waals surface area (Å²) in [6, 6.07) is 23.1. The molecule has 102 valence electrons. The quantitative estimate of drug-likeness (QED) is 0.756. The maximum absolute atomic E-state index is 7.00. The van der Waals surface area contributed by atoms with Gasteiger partial charge in [0, 0.05) is 7.11 Å². The average Bonchev–Trinajstić information content (AvgIpc) is 2.56. The summed E-state index contributed by atoms with van der Waals surface area (Å²) < 4.78 is 5.24. The van der Waals surface area contributed by atoms with E-state index in [1.165, 1.54) is 21.9 Å². The van der Waals surface area contributed by atoms with Crippen molar-refractivity contribution >= 4 is 10.8 Å². The van der Waals surface area contributed by atoms with Crippen LogP contribution < -0.4 is 4.74 Å². The molecule has 0 bridgehead atoms. The van der Waals surface area contributed by atoms with Crippen LogP contribution in [0.3, 0.4) is 0 Å². The fourth-order valence-corrected chi connectivity index (χ4v) is 2.16. The van der Waals surface area contributed by atoms with Gasteiger partial charge in [0.2, 0.25) is 0 Å². The molecule has 0 saturated heterocycles. The molecule has 0 aliphatic rings. The molecule has 0 unspecified atom stereocenters. The van der Waals surface area contributed by atoms with Gasteiger partial charge in [-0.3, -0.25) is 0 Å². The lowest BCUT2D eigenvalue weighted by atomic mass is 10.0. The van der Waals surface area contributed by atoms with E-state index in [-0.39, 0.29) is 0 Å². The third-order valence-electron chi connectivity index (χ3n) is 3.15. The van der Waals surface area contributed by atoms with Crippen molar-refractivity contribution in [2.45, 2.75) is 0 Å². The molecule has 1 N–H and O–H groups in total. The fourth-order valence-electron chi connectivity index (χ4n) is 2.16. The Labute approximate surface area is 119 Å². The van der Waals surface area contributed by atoms with E-state index in [4.69, 9.17) is 9.84 Å². The van der Waals surface area contributed by atoms with Crippen molar-refractivity contribution in [3.63, 3.8) is 0 Å². The molecule has 3 aromatic carbocycles. The number of ether oxygens (including phenoxy) is 1. The Bertz CT molecular complexity index is 675. The molecular formula is C18H18O2. The number of benzene rings is 3. The van der Waals surface area contributed by atoms with Crippen LogP contribution in [0.5, 0.6) is 5.75 Å². The first-order chi connectivity index (χ1) is 9.86. The summed E-state index contributed by atoms with van der Waals surface area (Å²) in [7, 11) is 2.69. The molecular weight excluding hydrogens is 248 g/mol. The summed E-state index contributed by atoms with van der Waals surface area (Å²) in [5, 5.41) is 9.44. The smallest absolute Gasteiger partial charge is 0.119 e. The first-order valence-corrected chi connectivity index (χ1v) is 6.45. The first kappa shape index (κ1) is 14.1. The third kappa shape index (κ3) is 2.98. The molecule has 0 fully saturated rings. The highest BCUT2D eigenvalue weighted by Crippen LogP contribution is 2.26. The predicted octanol–water partition coefficient (Wildman–Crippen LogP) is 4.12. The van der Waals surface area contributed by atoms with Crippen molar-refractivity contribution < 1.29 is 9.84 Å². The topological polar surface area (TPSA) is 29.5 Å². The number of aliphatic hydroxyl groups excluding tert-OH is 1. The number of methoxy groups -OCH3 is 1. The Hall–Kier alpha value is -2.32. The van der Waals surface area contributed by atoms with E-state index in [0.29, 0.717) is 0 Å². The minimum atomic E-state index is 0.898. The lowest BCUT2D eigenvalue weighted by Crippen LogP contribution is -1.83. The number of hydrogen-bond acceptors (Lipinski definition) is 2. The lowest BCUT2D eigenvalue weighted by Gasteiger charge is -2.06. The van der Waals surface area contributed by atoms with Crippen molar-refractivity contribution in [3.8, 4) is 16.9 Å². The summed E-state index contributed by atoms with van der Waals surface area (Å²) >= 11 is 0. The van der Waals surface area contributed by atoms with Crippen molar-refractivity contribution in [2.75, 3.05) is 14.2 Å². The van der Waals surface area contributed by atoms with Crippen LogP contribution in [0.15, 0.2) is 66.7 Å². The molecule has 0 heterocycles. The molecule has 0 amide bonds. The van der Waals surface area contributed by atoms with Crippen LogP contribution in [0.25, 0.3) is 21.9 Å². The summed E-state index contributed by atoms with van der Waals surface area (Å²) in [5.74, 6) is 0.898. The molecule has 3 aromatic rings. The van der Waals surface area contributed by atoms with Crippen molar-refractivity contribution in [1.29, 1.82) is 0 Å². The number of fused-ring (bicyclic) bond motifs is 1. The molecule has 2 nitrogen and oxygen atoms in total. The molecule has 0 spiro atoms. The fraction of sp³-hybridized carbons (Fsp3) is 0.111. The molecule has 20 heavy (non-hydrogen) atoms. The Morgan fingerprint density at radius 2 is 1.35 bits per heavy atom. The van der Waals surface area contributed by atoms with Gasteiger partial charge in [-0.25, -0.2) is 0 Å². The van der Waals surface area contributed by atoms with E-state index in [2.05, 4.69) is 54.6 Å². The zero-order chi connectivity index (χ0) is 14.4. The Kier molecular flexibility index (Phi) is 4.75. The Morgan fingerprint density at radius 3 is 2.05 bits per heavy atom. The highest BCUT2D eigenvalue weighted by molar-refractivity contribution is 5.88. The van der Waals surface area contributed by atoms with Crippen molar-refractivity contribution in [2.24, 2.45) is 0 Å². The zero-order valence-corrected chi connectivity index (χ0v) is 11.7. The number of hydrogen-bond donors (Lipinski definition) is 1. The standard InChI is InChI=1S/C17H14O.CH4O/c1-18-17-10-9-15-11-14(7-8-16(15)12-17)13-5-3-2-4-6-13;1-2/h2-12H,1H3;2H,1H3. The van der Waals surface area contributed by atoms with Crippen LogP contribution in [0, 0.1) is 0 Å². The normalized spacial score (nSPS) is 9.75. The third-order valence-corrected chi connectivity index (χ3v) is 3.15. The molecule has 0 aliphatic heterocycles. The zero-order valence-electron chi connectivity index (χ0n) is 11.7. The van der Waals surface area contributed by atoms with Crippen LogP contribution in [-0.4, -0.2) is 19.3 Å². The monoisotopic (exact) mass is 266 g/mol. The highest BCUT2D eigenvalue weighted by Gasteiger charge is 2.00. The second-order valence-electron chi connectivity index (χ2n) is 4.29. The van der Waals surface area contributed by atoms with Crippen LogP contribution >= 0.6 is 0 Å². The first-order valence-electron chi connectivity index (χ1n) is 6.45. The van der Waals surface area contributed by atoms with Gasteiger partial charge in [-0.1, -0.05) is 48.5 Å². The molecule has 0 atom stereocenters. The van der Waals surface area contributed by atoms with Crippen LogP contribution in [0.1, 0.15) is 0 Å².